The summed E-state index contributed by atoms with van der Waals surface area (Å²) in [6.07, 6.45) is 3.46. The molecule has 3 rings (SSSR count). The van der Waals surface area contributed by atoms with Crippen LogP contribution < -0.4 is 19.7 Å². The minimum atomic E-state index is -0.249. The molecule has 1 N–H and O–H groups in total. The van der Waals surface area contributed by atoms with E-state index in [0.29, 0.717) is 23.1 Å². The van der Waals surface area contributed by atoms with Gasteiger partial charge in [0.2, 0.25) is 5.95 Å². The molecule has 1 aromatic carbocycles. The van der Waals surface area contributed by atoms with Gasteiger partial charge >= 0.3 is 6.01 Å². The molecule has 138 valence electrons. The van der Waals surface area contributed by atoms with Crippen molar-refractivity contribution in [3.05, 3.63) is 35.7 Å². The van der Waals surface area contributed by atoms with Gasteiger partial charge in [0.05, 0.1) is 26.3 Å². The molecule has 0 aliphatic carbocycles. The van der Waals surface area contributed by atoms with Gasteiger partial charge in [0, 0.05) is 13.1 Å². The molecule has 8 heteroatoms. The van der Waals surface area contributed by atoms with E-state index in [9.17, 15) is 4.79 Å². The van der Waals surface area contributed by atoms with Crippen LogP contribution in [0.25, 0.3) is 0 Å². The number of para-hydroxylation sites is 1. The van der Waals surface area contributed by atoms with Crippen LogP contribution in [0.1, 0.15) is 35.4 Å². The molecule has 2 heterocycles. The van der Waals surface area contributed by atoms with Crippen molar-refractivity contribution in [2.75, 3.05) is 32.2 Å². The number of anilines is 1. The Bertz CT molecular complexity index is 762. The van der Waals surface area contributed by atoms with Crippen molar-refractivity contribution in [2.45, 2.75) is 25.8 Å². The molecule has 8 nitrogen and oxygen atoms in total. The molecule has 2 aromatic rings. The summed E-state index contributed by atoms with van der Waals surface area (Å²) in [5, 5.41) is 2.83. The average Bonchev–Trinajstić information content (AvgIpc) is 2.72. The molecule has 0 atom stereocenters. The highest BCUT2D eigenvalue weighted by atomic mass is 16.5. The molecule has 26 heavy (non-hydrogen) atoms. The number of carbonyl (C=O) groups excluding carboxylic acids is 1. The lowest BCUT2D eigenvalue weighted by atomic mass is 10.1. The molecule has 0 radical (unpaired) electrons. The van der Waals surface area contributed by atoms with Crippen molar-refractivity contribution >= 4 is 11.9 Å². The molecule has 0 spiro atoms. The van der Waals surface area contributed by atoms with Crippen LogP contribution >= 0.6 is 0 Å². The number of piperidine rings is 1. The first kappa shape index (κ1) is 17.9. The fourth-order valence-electron chi connectivity index (χ4n) is 2.88. The molecular formula is C18H23N5O3. The van der Waals surface area contributed by atoms with Gasteiger partial charge in [0.25, 0.3) is 5.91 Å². The Morgan fingerprint density at radius 2 is 1.85 bits per heavy atom. The van der Waals surface area contributed by atoms with Crippen LogP contribution in [0.3, 0.4) is 0 Å². The van der Waals surface area contributed by atoms with Crippen molar-refractivity contribution in [1.29, 1.82) is 0 Å². The normalized spacial score (nSPS) is 14.0. The summed E-state index contributed by atoms with van der Waals surface area (Å²) in [4.78, 5) is 27.6. The number of amides is 1. The number of methoxy groups -OCH3 is 2. The van der Waals surface area contributed by atoms with E-state index in [4.69, 9.17) is 9.47 Å². The van der Waals surface area contributed by atoms with Crippen LogP contribution in [-0.4, -0.2) is 48.2 Å². The number of rotatable bonds is 6. The van der Waals surface area contributed by atoms with Crippen molar-refractivity contribution in [3.8, 4) is 11.8 Å². The smallest absolute Gasteiger partial charge is 0.321 e. The van der Waals surface area contributed by atoms with Crippen molar-refractivity contribution < 1.29 is 14.3 Å². The lowest BCUT2D eigenvalue weighted by Crippen LogP contribution is -2.32. The van der Waals surface area contributed by atoms with Gasteiger partial charge in [0.1, 0.15) is 5.75 Å². The SMILES string of the molecule is COc1nc(CNC(=O)c2ccccc2OC)nc(N2CCCCC2)n1. The second-order valence-corrected chi connectivity index (χ2v) is 5.97. The molecule has 0 saturated carbocycles. The summed E-state index contributed by atoms with van der Waals surface area (Å²) in [6.45, 7) is 2.01. The zero-order chi connectivity index (χ0) is 18.4. The van der Waals surface area contributed by atoms with Crippen LogP contribution in [-0.2, 0) is 6.54 Å². The van der Waals surface area contributed by atoms with Gasteiger partial charge in [-0.25, -0.2) is 0 Å². The molecular weight excluding hydrogens is 334 g/mol. The Labute approximate surface area is 152 Å². The van der Waals surface area contributed by atoms with Gasteiger partial charge < -0.3 is 19.7 Å². The van der Waals surface area contributed by atoms with E-state index in [2.05, 4.69) is 25.2 Å². The van der Waals surface area contributed by atoms with Crippen LogP contribution in [0.4, 0.5) is 5.95 Å². The van der Waals surface area contributed by atoms with E-state index in [0.717, 1.165) is 25.9 Å². The highest BCUT2D eigenvalue weighted by Gasteiger charge is 2.17. The first-order chi connectivity index (χ1) is 12.7. The molecule has 0 bridgehead atoms. The number of nitrogens with one attached hydrogen (secondary N) is 1. The maximum Gasteiger partial charge on any atom is 0.321 e. The van der Waals surface area contributed by atoms with E-state index in [1.54, 1.807) is 18.2 Å². The predicted octanol–water partition coefficient (Wildman–Crippen LogP) is 1.81. The summed E-state index contributed by atoms with van der Waals surface area (Å²) in [7, 11) is 3.06. The number of hydrogen-bond acceptors (Lipinski definition) is 7. The fourth-order valence-corrected chi connectivity index (χ4v) is 2.88. The predicted molar refractivity (Wildman–Crippen MR) is 96.6 cm³/mol. The van der Waals surface area contributed by atoms with E-state index < -0.39 is 0 Å². The molecule has 1 saturated heterocycles. The third kappa shape index (κ3) is 4.19. The Morgan fingerprint density at radius 3 is 2.58 bits per heavy atom. The maximum absolute atomic E-state index is 12.4. The first-order valence-electron chi connectivity index (χ1n) is 8.66. The highest BCUT2D eigenvalue weighted by Crippen LogP contribution is 2.19. The maximum atomic E-state index is 12.4. The van der Waals surface area contributed by atoms with Gasteiger partial charge in [-0.1, -0.05) is 12.1 Å². The van der Waals surface area contributed by atoms with Gasteiger partial charge in [-0.2, -0.15) is 15.0 Å². The summed E-state index contributed by atoms with van der Waals surface area (Å²) in [6, 6.07) is 7.31. The third-order valence-electron chi connectivity index (χ3n) is 4.23. The Hall–Kier alpha value is -2.90. The number of ether oxygens (including phenoxy) is 2. The second kappa shape index (κ2) is 8.46. The number of carbonyl (C=O) groups is 1. The molecule has 1 aromatic heterocycles. The first-order valence-corrected chi connectivity index (χ1v) is 8.66. The van der Waals surface area contributed by atoms with E-state index >= 15 is 0 Å². The quantitative estimate of drug-likeness (QED) is 0.843. The second-order valence-electron chi connectivity index (χ2n) is 5.97. The van der Waals surface area contributed by atoms with Gasteiger partial charge in [-0.15, -0.1) is 0 Å². The monoisotopic (exact) mass is 357 g/mol. The molecule has 1 fully saturated rings. The zero-order valence-corrected chi connectivity index (χ0v) is 15.1. The Balaban J connectivity index is 1.73. The lowest BCUT2D eigenvalue weighted by Gasteiger charge is -2.26. The van der Waals surface area contributed by atoms with Crippen LogP contribution in [0.15, 0.2) is 24.3 Å². The summed E-state index contributed by atoms with van der Waals surface area (Å²) in [5.41, 5.74) is 0.465. The van der Waals surface area contributed by atoms with Crippen molar-refractivity contribution in [1.82, 2.24) is 20.3 Å². The average molecular weight is 357 g/mol. The summed E-state index contributed by atoms with van der Waals surface area (Å²) in [5.74, 6) is 1.33. The minimum Gasteiger partial charge on any atom is -0.496 e. The molecule has 0 unspecified atom stereocenters. The van der Waals surface area contributed by atoms with Crippen LogP contribution in [0.2, 0.25) is 0 Å². The van der Waals surface area contributed by atoms with E-state index in [1.165, 1.54) is 20.6 Å². The highest BCUT2D eigenvalue weighted by molar-refractivity contribution is 5.96. The standard InChI is InChI=1S/C18H23N5O3/c1-25-14-9-5-4-8-13(14)16(24)19-12-15-20-17(22-18(21-15)26-2)23-10-6-3-7-11-23/h4-5,8-9H,3,6-7,10-12H2,1-2H3,(H,19,24). The minimum absolute atomic E-state index is 0.177. The van der Waals surface area contributed by atoms with Crippen LogP contribution in [0.5, 0.6) is 11.8 Å². The van der Waals surface area contributed by atoms with E-state index in [-0.39, 0.29) is 18.5 Å². The third-order valence-corrected chi connectivity index (χ3v) is 4.23. The van der Waals surface area contributed by atoms with Gasteiger partial charge in [-0.3, -0.25) is 4.79 Å². The molecule has 1 amide bonds. The van der Waals surface area contributed by atoms with E-state index in [1.807, 2.05) is 6.07 Å². The lowest BCUT2D eigenvalue weighted by molar-refractivity contribution is 0.0946. The van der Waals surface area contributed by atoms with Gasteiger partial charge in [-0.05, 0) is 31.4 Å². The Kier molecular flexibility index (Phi) is 5.83. The van der Waals surface area contributed by atoms with Crippen molar-refractivity contribution in [2.24, 2.45) is 0 Å². The number of benzene rings is 1. The van der Waals surface area contributed by atoms with Crippen LogP contribution in [0, 0.1) is 0 Å². The Morgan fingerprint density at radius 1 is 1.08 bits per heavy atom. The van der Waals surface area contributed by atoms with Gasteiger partial charge in [0.15, 0.2) is 5.82 Å². The summed E-state index contributed by atoms with van der Waals surface area (Å²) < 4.78 is 10.4. The summed E-state index contributed by atoms with van der Waals surface area (Å²) >= 11 is 0. The fraction of sp³-hybridized carbons (Fsp3) is 0.444. The zero-order valence-electron chi connectivity index (χ0n) is 15.1. The number of aromatic nitrogens is 3. The topological polar surface area (TPSA) is 89.5 Å². The number of nitrogens with zero attached hydrogens (tertiary/aromatic N) is 4. The number of hydrogen-bond donors (Lipinski definition) is 1. The largest absolute Gasteiger partial charge is 0.496 e. The van der Waals surface area contributed by atoms with Crippen molar-refractivity contribution in [3.63, 3.8) is 0 Å². The molecule has 1 aliphatic heterocycles. The molecule has 1 aliphatic rings.